The van der Waals surface area contributed by atoms with Gasteiger partial charge in [0.25, 0.3) is 0 Å². The lowest BCUT2D eigenvalue weighted by atomic mass is 10.1. The van der Waals surface area contributed by atoms with Crippen molar-refractivity contribution in [3.8, 4) is 11.5 Å². The van der Waals surface area contributed by atoms with Crippen LogP contribution >= 0.6 is 0 Å². The minimum atomic E-state index is -0.538. The second-order valence-electron chi connectivity index (χ2n) is 8.05. The van der Waals surface area contributed by atoms with E-state index in [4.69, 9.17) is 18.9 Å². The van der Waals surface area contributed by atoms with Gasteiger partial charge in [0.15, 0.2) is 11.5 Å². The van der Waals surface area contributed by atoms with E-state index in [9.17, 15) is 4.79 Å². The molecular formula is C24H29NO5. The van der Waals surface area contributed by atoms with Crippen molar-refractivity contribution in [2.75, 3.05) is 13.3 Å². The predicted octanol–water partition coefficient (Wildman–Crippen LogP) is 4.93. The van der Waals surface area contributed by atoms with Crippen molar-refractivity contribution in [1.29, 1.82) is 0 Å². The van der Waals surface area contributed by atoms with Crippen LogP contribution in [0.1, 0.15) is 38.3 Å². The summed E-state index contributed by atoms with van der Waals surface area (Å²) in [7, 11) is 0. The summed E-state index contributed by atoms with van der Waals surface area (Å²) in [4.78, 5) is 12.0. The van der Waals surface area contributed by atoms with Gasteiger partial charge in [-0.25, -0.2) is 4.79 Å². The number of carbonyl (C=O) groups excluding carboxylic acids is 1. The van der Waals surface area contributed by atoms with Crippen LogP contribution in [-0.4, -0.2) is 31.1 Å². The maximum atomic E-state index is 12.0. The van der Waals surface area contributed by atoms with Crippen LogP contribution in [0.5, 0.6) is 11.5 Å². The van der Waals surface area contributed by atoms with Gasteiger partial charge in [-0.15, -0.1) is 0 Å². The molecule has 1 aliphatic heterocycles. The molecule has 160 valence electrons. The smallest absolute Gasteiger partial charge is 0.407 e. The summed E-state index contributed by atoms with van der Waals surface area (Å²) >= 11 is 0. The standard InChI is InChI=1S/C24H29NO5/c1-24(2,3)30-23(26)25-15-20(27-16-19-8-5-4-6-9-19)11-7-10-18-12-13-21-22(14-18)29-17-28-21/h4-10,12-14,20H,11,15-17H2,1-3H3,(H,25,26)/b10-7+/t20-/m1/s1. The van der Waals surface area contributed by atoms with Gasteiger partial charge in [-0.3, -0.25) is 0 Å². The molecule has 0 bridgehead atoms. The van der Waals surface area contributed by atoms with Crippen molar-refractivity contribution < 1.29 is 23.7 Å². The van der Waals surface area contributed by atoms with Crippen LogP contribution in [0, 0.1) is 0 Å². The fourth-order valence-corrected chi connectivity index (χ4v) is 2.88. The van der Waals surface area contributed by atoms with Crippen molar-refractivity contribution >= 4 is 12.2 Å². The number of hydrogen-bond donors (Lipinski definition) is 1. The first-order chi connectivity index (χ1) is 14.4. The highest BCUT2D eigenvalue weighted by molar-refractivity contribution is 5.67. The van der Waals surface area contributed by atoms with Crippen LogP contribution in [-0.2, 0) is 16.1 Å². The van der Waals surface area contributed by atoms with Crippen molar-refractivity contribution in [1.82, 2.24) is 5.32 Å². The number of carbonyl (C=O) groups is 1. The average Bonchev–Trinajstić information content (AvgIpc) is 3.17. The third kappa shape index (κ3) is 7.12. The van der Waals surface area contributed by atoms with Gasteiger partial charge in [-0.05, 0) is 50.5 Å². The van der Waals surface area contributed by atoms with Crippen molar-refractivity contribution in [2.24, 2.45) is 0 Å². The van der Waals surface area contributed by atoms with Gasteiger partial charge in [0.1, 0.15) is 5.60 Å². The van der Waals surface area contributed by atoms with Crippen LogP contribution < -0.4 is 14.8 Å². The fourth-order valence-electron chi connectivity index (χ4n) is 2.88. The molecule has 0 spiro atoms. The van der Waals surface area contributed by atoms with E-state index in [0.717, 1.165) is 22.6 Å². The first-order valence-corrected chi connectivity index (χ1v) is 10.1. The SMILES string of the molecule is CC(C)(C)OC(=O)NC[C@@H](C/C=C/c1ccc2c(c1)OCO2)OCc1ccccc1. The zero-order valence-corrected chi connectivity index (χ0v) is 17.7. The summed E-state index contributed by atoms with van der Waals surface area (Å²) < 4.78 is 22.1. The molecule has 30 heavy (non-hydrogen) atoms. The minimum Gasteiger partial charge on any atom is -0.454 e. The Balaban J connectivity index is 1.57. The summed E-state index contributed by atoms with van der Waals surface area (Å²) in [5.41, 5.74) is 1.56. The van der Waals surface area contributed by atoms with Gasteiger partial charge in [-0.1, -0.05) is 48.6 Å². The van der Waals surface area contributed by atoms with Gasteiger partial charge in [-0.2, -0.15) is 0 Å². The summed E-state index contributed by atoms with van der Waals surface area (Å²) in [6.07, 6.45) is 4.04. The molecule has 1 heterocycles. The number of hydrogen-bond acceptors (Lipinski definition) is 5. The summed E-state index contributed by atoms with van der Waals surface area (Å²) in [6.45, 7) is 6.60. The minimum absolute atomic E-state index is 0.192. The number of alkyl carbamates (subject to hydrolysis) is 1. The Morgan fingerprint density at radius 1 is 1.13 bits per heavy atom. The zero-order valence-electron chi connectivity index (χ0n) is 17.7. The lowest BCUT2D eigenvalue weighted by molar-refractivity contribution is 0.0294. The highest BCUT2D eigenvalue weighted by atomic mass is 16.7. The molecule has 6 nitrogen and oxygen atoms in total. The van der Waals surface area contributed by atoms with Gasteiger partial charge in [0.2, 0.25) is 6.79 Å². The van der Waals surface area contributed by atoms with Crippen molar-refractivity contribution in [2.45, 2.75) is 45.5 Å². The Bertz CT molecular complexity index is 858. The normalized spacial score (nSPS) is 14.0. The first-order valence-electron chi connectivity index (χ1n) is 10.1. The molecule has 1 N–H and O–H groups in total. The van der Waals surface area contributed by atoms with Gasteiger partial charge >= 0.3 is 6.09 Å². The Kier molecular flexibility index (Phi) is 7.36. The maximum absolute atomic E-state index is 12.0. The van der Waals surface area contributed by atoms with Crippen LogP contribution in [0.3, 0.4) is 0 Å². The molecule has 0 saturated carbocycles. The molecule has 1 amide bonds. The summed E-state index contributed by atoms with van der Waals surface area (Å²) in [6, 6.07) is 15.8. The quantitative estimate of drug-likeness (QED) is 0.667. The van der Waals surface area contributed by atoms with E-state index in [2.05, 4.69) is 5.32 Å². The lowest BCUT2D eigenvalue weighted by Crippen LogP contribution is -2.37. The van der Waals surface area contributed by atoms with Crippen LogP contribution in [0.4, 0.5) is 4.79 Å². The Hall–Kier alpha value is -2.99. The molecule has 6 heteroatoms. The molecule has 0 fully saturated rings. The molecule has 0 saturated heterocycles. The third-order valence-corrected chi connectivity index (χ3v) is 4.31. The van der Waals surface area contributed by atoms with Crippen molar-refractivity contribution in [3.63, 3.8) is 0 Å². The molecule has 3 rings (SSSR count). The second-order valence-corrected chi connectivity index (χ2v) is 8.05. The number of nitrogens with one attached hydrogen (secondary N) is 1. The Morgan fingerprint density at radius 2 is 1.90 bits per heavy atom. The number of benzene rings is 2. The molecule has 2 aromatic carbocycles. The van der Waals surface area contributed by atoms with E-state index < -0.39 is 11.7 Å². The van der Waals surface area contributed by atoms with Gasteiger partial charge < -0.3 is 24.3 Å². The average molecular weight is 411 g/mol. The summed E-state index contributed by atoms with van der Waals surface area (Å²) in [5, 5.41) is 2.80. The summed E-state index contributed by atoms with van der Waals surface area (Å²) in [5.74, 6) is 1.51. The Labute approximate surface area is 177 Å². The first kappa shape index (κ1) is 21.7. The van der Waals surface area contributed by atoms with E-state index in [-0.39, 0.29) is 12.9 Å². The van der Waals surface area contributed by atoms with E-state index >= 15 is 0 Å². The number of rotatable bonds is 8. The molecule has 1 aliphatic rings. The zero-order chi connectivity index (χ0) is 21.4. The van der Waals surface area contributed by atoms with E-state index in [1.165, 1.54) is 0 Å². The van der Waals surface area contributed by atoms with E-state index in [0.29, 0.717) is 19.6 Å². The van der Waals surface area contributed by atoms with E-state index in [1.807, 2.05) is 81.5 Å². The number of fused-ring (bicyclic) bond motifs is 1. The molecular weight excluding hydrogens is 382 g/mol. The monoisotopic (exact) mass is 411 g/mol. The molecule has 0 unspecified atom stereocenters. The molecule has 0 radical (unpaired) electrons. The highest BCUT2D eigenvalue weighted by Crippen LogP contribution is 2.32. The number of amides is 1. The molecule has 1 atom stereocenters. The topological polar surface area (TPSA) is 66.0 Å². The largest absolute Gasteiger partial charge is 0.454 e. The van der Waals surface area contributed by atoms with Crippen molar-refractivity contribution in [3.05, 3.63) is 65.7 Å². The van der Waals surface area contributed by atoms with Gasteiger partial charge in [0, 0.05) is 6.54 Å². The second kappa shape index (κ2) is 10.2. The van der Waals surface area contributed by atoms with Crippen LogP contribution in [0.15, 0.2) is 54.6 Å². The fraction of sp³-hybridized carbons (Fsp3) is 0.375. The van der Waals surface area contributed by atoms with E-state index in [1.54, 1.807) is 0 Å². The van der Waals surface area contributed by atoms with Gasteiger partial charge in [0.05, 0.1) is 12.7 Å². The lowest BCUT2D eigenvalue weighted by Gasteiger charge is -2.22. The molecule has 2 aromatic rings. The molecule has 0 aliphatic carbocycles. The molecule has 0 aromatic heterocycles. The third-order valence-electron chi connectivity index (χ3n) is 4.31. The Morgan fingerprint density at radius 3 is 2.67 bits per heavy atom. The van der Waals surface area contributed by atoms with Crippen LogP contribution in [0.25, 0.3) is 6.08 Å². The highest BCUT2D eigenvalue weighted by Gasteiger charge is 2.17. The predicted molar refractivity (Wildman–Crippen MR) is 115 cm³/mol. The van der Waals surface area contributed by atoms with Crippen LogP contribution in [0.2, 0.25) is 0 Å². The number of ether oxygens (including phenoxy) is 4. The maximum Gasteiger partial charge on any atom is 0.407 e.